The van der Waals surface area contributed by atoms with E-state index in [0.29, 0.717) is 16.6 Å². The lowest BCUT2D eigenvalue weighted by atomic mass is 9.58. The summed E-state index contributed by atoms with van der Waals surface area (Å²) in [7, 11) is 0. The first-order chi connectivity index (χ1) is 7.61. The van der Waals surface area contributed by atoms with Crippen molar-refractivity contribution in [3.8, 4) is 0 Å². The molecule has 2 rings (SSSR count). The van der Waals surface area contributed by atoms with Gasteiger partial charge in [-0.2, -0.15) is 0 Å². The zero-order chi connectivity index (χ0) is 11.8. The predicted octanol–water partition coefficient (Wildman–Crippen LogP) is 4.01. The summed E-state index contributed by atoms with van der Waals surface area (Å²) in [5.41, 5.74) is 7.32. The normalized spacial score (nSPS) is 28.9. The summed E-state index contributed by atoms with van der Waals surface area (Å²) >= 11 is 12.0. The van der Waals surface area contributed by atoms with E-state index in [1.54, 1.807) is 0 Å². The van der Waals surface area contributed by atoms with Gasteiger partial charge in [-0.05, 0) is 36.5 Å². The van der Waals surface area contributed by atoms with Gasteiger partial charge >= 0.3 is 0 Å². The third-order valence-corrected chi connectivity index (χ3v) is 4.60. The quantitative estimate of drug-likeness (QED) is 0.870. The molecule has 0 amide bonds. The van der Waals surface area contributed by atoms with E-state index in [2.05, 4.69) is 13.0 Å². The first kappa shape index (κ1) is 12.2. The summed E-state index contributed by atoms with van der Waals surface area (Å²) in [6.07, 6.45) is 3.60. The van der Waals surface area contributed by atoms with Gasteiger partial charge in [0.05, 0.1) is 10.0 Å². The molecule has 1 fully saturated rings. The van der Waals surface area contributed by atoms with Gasteiger partial charge < -0.3 is 5.73 Å². The van der Waals surface area contributed by atoms with E-state index in [9.17, 15) is 0 Å². The third-order valence-electron chi connectivity index (χ3n) is 3.86. The molecule has 1 aromatic carbocycles. The summed E-state index contributed by atoms with van der Waals surface area (Å²) in [5, 5.41) is 1.25. The number of benzene rings is 1. The molecule has 0 aliphatic heterocycles. The molecule has 1 aliphatic rings. The van der Waals surface area contributed by atoms with Crippen LogP contribution in [0.2, 0.25) is 10.0 Å². The van der Waals surface area contributed by atoms with Crippen LogP contribution >= 0.6 is 23.2 Å². The second-order valence-corrected chi connectivity index (χ2v) is 5.61. The lowest BCUT2D eigenvalue weighted by Crippen LogP contribution is -2.46. The minimum absolute atomic E-state index is 0.148. The highest BCUT2D eigenvalue weighted by Gasteiger charge is 2.43. The first-order valence-electron chi connectivity index (χ1n) is 5.77. The van der Waals surface area contributed by atoms with Crippen LogP contribution in [0.25, 0.3) is 0 Å². The molecule has 0 spiro atoms. The Kier molecular flexibility index (Phi) is 3.48. The highest BCUT2D eigenvalue weighted by atomic mass is 35.5. The van der Waals surface area contributed by atoms with Gasteiger partial charge in [-0.25, -0.2) is 0 Å². The molecule has 1 nitrogen and oxygen atoms in total. The number of hydrogen-bond donors (Lipinski definition) is 1. The molecule has 1 aromatic rings. The number of nitrogens with two attached hydrogens (primary N) is 1. The van der Waals surface area contributed by atoms with Gasteiger partial charge in [0.2, 0.25) is 0 Å². The largest absolute Gasteiger partial charge is 0.330 e. The monoisotopic (exact) mass is 257 g/mol. The molecule has 3 heteroatoms. The van der Waals surface area contributed by atoms with Crippen LogP contribution in [0.5, 0.6) is 0 Å². The fourth-order valence-corrected chi connectivity index (χ4v) is 2.98. The van der Waals surface area contributed by atoms with Crippen LogP contribution in [-0.2, 0) is 5.41 Å². The zero-order valence-electron chi connectivity index (χ0n) is 9.47. The fraction of sp³-hybridized carbons (Fsp3) is 0.538. The maximum Gasteiger partial charge on any atom is 0.0595 e. The van der Waals surface area contributed by atoms with E-state index in [-0.39, 0.29) is 5.41 Å². The van der Waals surface area contributed by atoms with Gasteiger partial charge in [-0.15, -0.1) is 0 Å². The average molecular weight is 258 g/mol. The van der Waals surface area contributed by atoms with Crippen LogP contribution in [0.15, 0.2) is 18.2 Å². The Bertz CT molecular complexity index is 384. The van der Waals surface area contributed by atoms with Crippen LogP contribution in [0.4, 0.5) is 0 Å². The minimum Gasteiger partial charge on any atom is -0.330 e. The molecular formula is C13H17Cl2N. The smallest absolute Gasteiger partial charge is 0.0595 e. The summed E-state index contributed by atoms with van der Waals surface area (Å²) < 4.78 is 0. The van der Waals surface area contributed by atoms with Crippen LogP contribution in [0.3, 0.4) is 0 Å². The first-order valence-corrected chi connectivity index (χ1v) is 6.52. The van der Waals surface area contributed by atoms with Gasteiger partial charge in [0.1, 0.15) is 0 Å². The summed E-state index contributed by atoms with van der Waals surface area (Å²) in [5.74, 6) is 0.818. The Morgan fingerprint density at radius 1 is 1.31 bits per heavy atom. The maximum absolute atomic E-state index is 6.06. The number of hydrogen-bond acceptors (Lipinski definition) is 1. The van der Waals surface area contributed by atoms with Crippen molar-refractivity contribution in [2.75, 3.05) is 6.54 Å². The molecule has 0 heterocycles. The van der Waals surface area contributed by atoms with E-state index in [1.807, 2.05) is 12.1 Å². The Morgan fingerprint density at radius 3 is 2.50 bits per heavy atom. The molecule has 0 saturated heterocycles. The van der Waals surface area contributed by atoms with Crippen molar-refractivity contribution in [1.29, 1.82) is 0 Å². The molecule has 16 heavy (non-hydrogen) atoms. The lowest BCUT2D eigenvalue weighted by Gasteiger charge is -2.47. The Labute approximate surface area is 107 Å². The average Bonchev–Trinajstić information content (AvgIpc) is 2.23. The number of rotatable bonds is 3. The van der Waals surface area contributed by atoms with Crippen LogP contribution < -0.4 is 5.73 Å². The highest BCUT2D eigenvalue weighted by Crippen LogP contribution is 2.49. The van der Waals surface area contributed by atoms with E-state index in [4.69, 9.17) is 28.9 Å². The topological polar surface area (TPSA) is 26.0 Å². The maximum atomic E-state index is 6.06. The zero-order valence-corrected chi connectivity index (χ0v) is 11.0. The van der Waals surface area contributed by atoms with Crippen molar-refractivity contribution in [2.45, 2.75) is 31.6 Å². The van der Waals surface area contributed by atoms with Crippen LogP contribution in [-0.4, -0.2) is 6.54 Å². The second kappa shape index (κ2) is 4.56. The lowest BCUT2D eigenvalue weighted by molar-refractivity contribution is 0.144. The molecule has 0 radical (unpaired) electrons. The Balaban J connectivity index is 2.25. The molecule has 0 aromatic heterocycles. The predicted molar refractivity (Wildman–Crippen MR) is 70.2 cm³/mol. The van der Waals surface area contributed by atoms with Crippen molar-refractivity contribution >= 4 is 23.2 Å². The summed E-state index contributed by atoms with van der Waals surface area (Å²) in [6.45, 7) is 2.93. The molecule has 2 N–H and O–H groups in total. The molecule has 0 atom stereocenters. The van der Waals surface area contributed by atoms with E-state index in [0.717, 1.165) is 5.92 Å². The molecular weight excluding hydrogens is 241 g/mol. The molecule has 0 bridgehead atoms. The van der Waals surface area contributed by atoms with Crippen LogP contribution in [0, 0.1) is 5.92 Å². The van der Waals surface area contributed by atoms with Crippen molar-refractivity contribution in [1.82, 2.24) is 0 Å². The second-order valence-electron chi connectivity index (χ2n) is 4.80. The summed E-state index contributed by atoms with van der Waals surface area (Å²) in [6, 6.07) is 5.91. The van der Waals surface area contributed by atoms with Crippen molar-refractivity contribution < 1.29 is 0 Å². The Morgan fingerprint density at radius 2 is 2.00 bits per heavy atom. The minimum atomic E-state index is 0.148. The molecule has 88 valence electrons. The molecule has 1 saturated carbocycles. The highest BCUT2D eigenvalue weighted by molar-refractivity contribution is 6.42. The number of halogens is 2. The molecule has 0 unspecified atom stereocenters. The van der Waals surface area contributed by atoms with Gasteiger partial charge in [-0.1, -0.05) is 42.6 Å². The molecule has 1 aliphatic carbocycles. The van der Waals surface area contributed by atoms with Gasteiger partial charge in [0.15, 0.2) is 0 Å². The van der Waals surface area contributed by atoms with Crippen molar-refractivity contribution in [2.24, 2.45) is 11.7 Å². The van der Waals surface area contributed by atoms with Gasteiger partial charge in [-0.3, -0.25) is 0 Å². The Hall–Kier alpha value is -0.240. The standard InChI is InChI=1S/C13H17Cl2N/c1-2-9-6-13(7-9,8-16)10-3-4-11(14)12(15)5-10/h3-5,9H,2,6-8,16H2,1H3. The third kappa shape index (κ3) is 1.97. The van der Waals surface area contributed by atoms with E-state index < -0.39 is 0 Å². The van der Waals surface area contributed by atoms with Crippen molar-refractivity contribution in [3.05, 3.63) is 33.8 Å². The van der Waals surface area contributed by atoms with Crippen molar-refractivity contribution in [3.63, 3.8) is 0 Å². The van der Waals surface area contributed by atoms with Gasteiger partial charge in [0.25, 0.3) is 0 Å². The van der Waals surface area contributed by atoms with E-state index >= 15 is 0 Å². The SMILES string of the molecule is CCC1CC(CN)(c2ccc(Cl)c(Cl)c2)C1. The fourth-order valence-electron chi connectivity index (χ4n) is 2.68. The van der Waals surface area contributed by atoms with Gasteiger partial charge in [0, 0.05) is 12.0 Å². The summed E-state index contributed by atoms with van der Waals surface area (Å²) in [4.78, 5) is 0. The van der Waals surface area contributed by atoms with E-state index in [1.165, 1.54) is 24.8 Å². The van der Waals surface area contributed by atoms with Crippen LogP contribution in [0.1, 0.15) is 31.7 Å².